The van der Waals surface area contributed by atoms with Gasteiger partial charge < -0.3 is 34.1 Å². The smallest absolute Gasteiger partial charge is 0.380 e. The second-order valence-electron chi connectivity index (χ2n) is 9.05. The van der Waals surface area contributed by atoms with Crippen LogP contribution in [0.15, 0.2) is 24.3 Å². The number of amides is 1. The van der Waals surface area contributed by atoms with Gasteiger partial charge in [-0.1, -0.05) is 32.9 Å². The summed E-state index contributed by atoms with van der Waals surface area (Å²) in [5.74, 6) is -0.415. The molecule has 2 unspecified atom stereocenters. The molecule has 1 aromatic rings. The summed E-state index contributed by atoms with van der Waals surface area (Å²) in [5.41, 5.74) is -0.352. The quantitative estimate of drug-likeness (QED) is 0.325. The van der Waals surface area contributed by atoms with E-state index in [-0.39, 0.29) is 19.1 Å². The largest absolute Gasteiger partial charge is 0.411 e. The maximum atomic E-state index is 12.8. The lowest BCUT2D eigenvalue weighted by Crippen LogP contribution is -2.48. The van der Waals surface area contributed by atoms with Crippen LogP contribution in [-0.4, -0.2) is 62.9 Å². The molecule has 8 nitrogen and oxygen atoms in total. The molecule has 1 aromatic carbocycles. The molecule has 2 N–H and O–H groups in total. The molecular formula is C24H41NO7. The highest BCUT2D eigenvalue weighted by Crippen LogP contribution is 2.30. The molecule has 0 heterocycles. The van der Waals surface area contributed by atoms with Gasteiger partial charge in [-0.3, -0.25) is 4.79 Å². The van der Waals surface area contributed by atoms with Crippen LogP contribution < -0.4 is 5.32 Å². The number of methoxy groups -OCH3 is 3. The van der Waals surface area contributed by atoms with Gasteiger partial charge in [-0.15, -0.1) is 0 Å². The zero-order valence-corrected chi connectivity index (χ0v) is 21.0. The molecule has 0 saturated carbocycles. The summed E-state index contributed by atoms with van der Waals surface area (Å²) >= 11 is 0. The molecule has 32 heavy (non-hydrogen) atoms. The summed E-state index contributed by atoms with van der Waals surface area (Å²) in [4.78, 5) is 12.8. The van der Waals surface area contributed by atoms with Crippen LogP contribution in [0.3, 0.4) is 0 Å². The Morgan fingerprint density at radius 2 is 1.44 bits per heavy atom. The molecule has 0 aromatic heterocycles. The van der Waals surface area contributed by atoms with Crippen molar-refractivity contribution in [3.63, 3.8) is 0 Å². The summed E-state index contributed by atoms with van der Waals surface area (Å²) in [5, 5.41) is 13.8. The van der Waals surface area contributed by atoms with Crippen LogP contribution >= 0.6 is 0 Å². The fourth-order valence-electron chi connectivity index (χ4n) is 3.34. The van der Waals surface area contributed by atoms with E-state index < -0.39 is 23.3 Å². The van der Waals surface area contributed by atoms with Crippen LogP contribution in [0.25, 0.3) is 0 Å². The van der Waals surface area contributed by atoms with Crippen LogP contribution in [0, 0.1) is 5.92 Å². The third-order valence-electron chi connectivity index (χ3n) is 5.66. The fourth-order valence-corrected chi connectivity index (χ4v) is 3.34. The van der Waals surface area contributed by atoms with Gasteiger partial charge in [0.15, 0.2) is 0 Å². The lowest BCUT2D eigenvalue weighted by atomic mass is 9.82. The zero-order valence-electron chi connectivity index (χ0n) is 21.0. The minimum absolute atomic E-state index is 0.163. The number of benzene rings is 1. The lowest BCUT2D eigenvalue weighted by Gasteiger charge is -2.35. The topological polar surface area (TPSA) is 95.5 Å². The van der Waals surface area contributed by atoms with Gasteiger partial charge in [0.25, 0.3) is 5.91 Å². The SMILES string of the molecule is COC(OC)(OC)OCCOC(C)(C)CC(C)C(C)(O)C(=O)Nc1ccc(C(C)C)cc1. The van der Waals surface area contributed by atoms with Crippen molar-refractivity contribution in [2.75, 3.05) is 39.9 Å². The zero-order chi connectivity index (χ0) is 24.6. The Hall–Kier alpha value is -1.55. The number of anilines is 1. The number of hydrogen-bond donors (Lipinski definition) is 2. The van der Waals surface area contributed by atoms with Crippen LogP contribution in [0.2, 0.25) is 0 Å². The summed E-state index contributed by atoms with van der Waals surface area (Å²) in [6.45, 7) is 11.8. The average molecular weight is 456 g/mol. The Labute approximate surface area is 192 Å². The third kappa shape index (κ3) is 8.10. The van der Waals surface area contributed by atoms with Crippen molar-refractivity contribution in [3.05, 3.63) is 29.8 Å². The Kier molecular flexibility index (Phi) is 10.7. The van der Waals surface area contributed by atoms with Crippen molar-refractivity contribution < 1.29 is 33.6 Å². The Morgan fingerprint density at radius 3 is 1.91 bits per heavy atom. The first-order valence-electron chi connectivity index (χ1n) is 10.9. The van der Waals surface area contributed by atoms with Crippen molar-refractivity contribution in [1.29, 1.82) is 0 Å². The molecule has 0 saturated heterocycles. The second kappa shape index (κ2) is 12.1. The number of hydrogen-bond acceptors (Lipinski definition) is 7. The van der Waals surface area contributed by atoms with Crippen LogP contribution in [0.4, 0.5) is 5.69 Å². The van der Waals surface area contributed by atoms with Crippen LogP contribution in [0.1, 0.15) is 59.4 Å². The molecule has 184 valence electrons. The summed E-state index contributed by atoms with van der Waals surface area (Å²) < 4.78 is 26.6. The normalized spacial score (nSPS) is 15.5. The van der Waals surface area contributed by atoms with E-state index >= 15 is 0 Å². The Morgan fingerprint density at radius 1 is 0.938 bits per heavy atom. The van der Waals surface area contributed by atoms with E-state index in [0.29, 0.717) is 18.0 Å². The first-order chi connectivity index (χ1) is 14.8. The Bertz CT molecular complexity index is 689. The van der Waals surface area contributed by atoms with Crippen molar-refractivity contribution >= 4 is 11.6 Å². The number of carbonyl (C=O) groups is 1. The van der Waals surface area contributed by atoms with E-state index in [9.17, 15) is 9.90 Å². The van der Waals surface area contributed by atoms with E-state index in [2.05, 4.69) is 19.2 Å². The molecule has 2 atom stereocenters. The monoisotopic (exact) mass is 455 g/mol. The van der Waals surface area contributed by atoms with Crippen LogP contribution in [-0.2, 0) is 28.5 Å². The summed E-state index contributed by atoms with van der Waals surface area (Å²) in [6.07, 6.45) is -1.13. The standard InChI is InChI=1S/C24H41NO7/c1-17(2)19-10-12-20(13-11-19)25-21(26)23(6,27)18(3)16-22(4,5)31-14-15-32-24(28-7,29-8)30-9/h10-13,17-18,27H,14-16H2,1-9H3,(H,25,26). The lowest BCUT2D eigenvalue weighted by molar-refractivity contribution is -0.480. The maximum absolute atomic E-state index is 12.8. The van der Waals surface area contributed by atoms with E-state index in [4.69, 9.17) is 23.7 Å². The first-order valence-corrected chi connectivity index (χ1v) is 10.9. The van der Waals surface area contributed by atoms with Crippen molar-refractivity contribution in [2.24, 2.45) is 5.92 Å². The third-order valence-corrected chi connectivity index (χ3v) is 5.66. The molecule has 0 radical (unpaired) electrons. The second-order valence-corrected chi connectivity index (χ2v) is 9.05. The first kappa shape index (κ1) is 28.5. The number of rotatable bonds is 14. The molecule has 0 aliphatic rings. The van der Waals surface area contributed by atoms with Crippen molar-refractivity contribution in [2.45, 2.75) is 71.2 Å². The van der Waals surface area contributed by atoms with Gasteiger partial charge in [0.05, 0.1) is 18.8 Å². The van der Waals surface area contributed by atoms with Gasteiger partial charge >= 0.3 is 6.16 Å². The summed E-state index contributed by atoms with van der Waals surface area (Å²) in [6, 6.07) is 7.65. The predicted molar refractivity (Wildman–Crippen MR) is 123 cm³/mol. The molecule has 0 aliphatic carbocycles. The molecule has 1 amide bonds. The fraction of sp³-hybridized carbons (Fsp3) is 0.708. The number of carbonyl (C=O) groups excluding carboxylic acids is 1. The maximum Gasteiger partial charge on any atom is 0.411 e. The highest BCUT2D eigenvalue weighted by Gasteiger charge is 2.40. The van der Waals surface area contributed by atoms with Gasteiger partial charge in [0.2, 0.25) is 0 Å². The molecular weight excluding hydrogens is 414 g/mol. The highest BCUT2D eigenvalue weighted by molar-refractivity contribution is 5.97. The van der Waals surface area contributed by atoms with E-state index in [1.54, 1.807) is 0 Å². The predicted octanol–water partition coefficient (Wildman–Crippen LogP) is 3.89. The number of nitrogens with one attached hydrogen (secondary N) is 1. The van der Waals surface area contributed by atoms with Crippen molar-refractivity contribution in [1.82, 2.24) is 0 Å². The number of aliphatic hydroxyl groups is 1. The van der Waals surface area contributed by atoms with Crippen LogP contribution in [0.5, 0.6) is 0 Å². The molecule has 0 spiro atoms. The van der Waals surface area contributed by atoms with Gasteiger partial charge in [0.1, 0.15) is 5.60 Å². The molecule has 0 fully saturated rings. The van der Waals surface area contributed by atoms with Gasteiger partial charge in [-0.25, -0.2) is 0 Å². The molecule has 8 heteroatoms. The van der Waals surface area contributed by atoms with E-state index in [0.717, 1.165) is 0 Å². The minimum Gasteiger partial charge on any atom is -0.380 e. The average Bonchev–Trinajstić information content (AvgIpc) is 2.74. The molecule has 0 bridgehead atoms. The van der Waals surface area contributed by atoms with Gasteiger partial charge in [-0.2, -0.15) is 0 Å². The van der Waals surface area contributed by atoms with Gasteiger partial charge in [-0.05, 0) is 56.7 Å². The minimum atomic E-state index is -1.58. The van der Waals surface area contributed by atoms with Crippen molar-refractivity contribution in [3.8, 4) is 0 Å². The summed E-state index contributed by atoms with van der Waals surface area (Å²) in [7, 11) is 4.22. The molecule has 0 aliphatic heterocycles. The highest BCUT2D eigenvalue weighted by atomic mass is 17.0. The number of ether oxygens (including phenoxy) is 5. The van der Waals surface area contributed by atoms with E-state index in [1.807, 2.05) is 45.0 Å². The van der Waals surface area contributed by atoms with E-state index in [1.165, 1.54) is 33.8 Å². The molecule has 1 rings (SSSR count). The Balaban J connectivity index is 2.62. The van der Waals surface area contributed by atoms with Gasteiger partial charge in [0, 0.05) is 27.0 Å².